The van der Waals surface area contributed by atoms with E-state index in [-0.39, 0.29) is 98.7 Å². The first kappa shape index (κ1) is 65.6. The van der Waals surface area contributed by atoms with Gasteiger partial charge in [-0.15, -0.1) is 0 Å². The molecule has 3 aromatic rings. The van der Waals surface area contributed by atoms with Crippen molar-refractivity contribution in [2.45, 2.75) is 90.2 Å². The van der Waals surface area contributed by atoms with E-state index in [1.54, 1.807) is 54.6 Å². The molecule has 7 amide bonds. The van der Waals surface area contributed by atoms with Crippen LogP contribution >= 0.6 is 71.9 Å². The van der Waals surface area contributed by atoms with E-state index in [2.05, 4.69) is 26.6 Å². The molecule has 3 aromatic carbocycles. The van der Waals surface area contributed by atoms with Crippen LogP contribution in [0.4, 0.5) is 4.79 Å². The highest BCUT2D eigenvalue weighted by molar-refractivity contribution is 8.24. The summed E-state index contributed by atoms with van der Waals surface area (Å²) >= 11 is 20.5. The van der Waals surface area contributed by atoms with E-state index < -0.39 is 17.6 Å². The molecule has 3 aliphatic heterocycles. The maximum Gasteiger partial charge on any atom is 0.407 e. The van der Waals surface area contributed by atoms with E-state index in [0.29, 0.717) is 102 Å². The van der Waals surface area contributed by atoms with Gasteiger partial charge in [-0.1, -0.05) is 109 Å². The van der Waals surface area contributed by atoms with Crippen molar-refractivity contribution >= 4 is 126 Å². The molecule has 0 bridgehead atoms. The smallest absolute Gasteiger partial charge is 0.407 e. The molecule has 0 aliphatic carbocycles. The normalized spacial score (nSPS) is 15.0. The SMILES string of the molecule is COc1c(C(=O)NCCCC(CCCC(CCCCNC(=O)OC(C)(C)C)NCCNC(=O)c2cccc(C(=O)N3CCSC3=S)c2OC)CCNC(=O)c2cccc(C(=O)N3CCSC3=S)c2OC)cccc1C(=O)N1CCSC1=S. The number of amides is 7. The van der Waals surface area contributed by atoms with Gasteiger partial charge in [0.2, 0.25) is 0 Å². The molecule has 0 aromatic heterocycles. The Balaban J connectivity index is 1.11. The van der Waals surface area contributed by atoms with Gasteiger partial charge in [-0.05, 0) is 102 Å². The number of para-hydroxylation sites is 3. The Morgan fingerprint density at radius 3 is 1.29 bits per heavy atom. The van der Waals surface area contributed by atoms with Crippen LogP contribution < -0.4 is 40.8 Å². The molecule has 25 heteroatoms. The number of hydrogen-bond acceptors (Lipinski definition) is 18. The Morgan fingerprint density at radius 2 is 0.878 bits per heavy atom. The first-order valence-electron chi connectivity index (χ1n) is 27.4. The van der Waals surface area contributed by atoms with Crippen molar-refractivity contribution < 1.29 is 52.5 Å². The fourth-order valence-electron chi connectivity index (χ4n) is 9.66. The third-order valence-electron chi connectivity index (χ3n) is 13.7. The monoisotopic (exact) mass is 1240 g/mol. The summed E-state index contributed by atoms with van der Waals surface area (Å²) in [5.74, 6) is 0.591. The van der Waals surface area contributed by atoms with E-state index in [4.69, 9.17) is 55.6 Å². The molecule has 5 N–H and O–H groups in total. The van der Waals surface area contributed by atoms with E-state index in [0.717, 1.165) is 32.1 Å². The molecule has 3 saturated heterocycles. The van der Waals surface area contributed by atoms with Gasteiger partial charge in [0.05, 0.1) is 54.7 Å². The number of thioether (sulfide) groups is 3. The van der Waals surface area contributed by atoms with Crippen LogP contribution in [0.3, 0.4) is 0 Å². The van der Waals surface area contributed by atoms with Crippen LogP contribution in [0.5, 0.6) is 17.2 Å². The average molecular weight is 1240 g/mol. The number of carbonyl (C=O) groups excluding carboxylic acids is 7. The van der Waals surface area contributed by atoms with Crippen molar-refractivity contribution in [1.29, 1.82) is 0 Å². The molecule has 0 saturated carbocycles. The molecule has 2 unspecified atom stereocenters. The Hall–Kier alpha value is -5.57. The maximum atomic E-state index is 13.9. The Bertz CT molecular complexity index is 2840. The molecule has 3 fully saturated rings. The van der Waals surface area contributed by atoms with Crippen molar-refractivity contribution in [2.75, 3.05) is 90.9 Å². The minimum Gasteiger partial charge on any atom is -0.495 e. The highest BCUT2D eigenvalue weighted by Gasteiger charge is 2.32. The summed E-state index contributed by atoms with van der Waals surface area (Å²) in [7, 11) is 4.28. The number of unbranched alkanes of at least 4 members (excludes halogenated alkanes) is 1. The second-order valence-corrected chi connectivity index (χ2v) is 25.6. The molecule has 82 heavy (non-hydrogen) atoms. The predicted molar refractivity (Wildman–Crippen MR) is 335 cm³/mol. The third-order valence-corrected chi connectivity index (χ3v) is 18.0. The Morgan fingerprint density at radius 1 is 0.488 bits per heavy atom. The first-order chi connectivity index (χ1) is 39.4. The van der Waals surface area contributed by atoms with E-state index in [9.17, 15) is 33.6 Å². The Labute approximate surface area is 509 Å². The summed E-state index contributed by atoms with van der Waals surface area (Å²) in [6.45, 7) is 8.67. The van der Waals surface area contributed by atoms with Crippen molar-refractivity contribution in [1.82, 2.24) is 41.3 Å². The average Bonchev–Trinajstić information content (AvgIpc) is 4.37. The van der Waals surface area contributed by atoms with Crippen LogP contribution in [-0.4, -0.2) is 172 Å². The standard InChI is InChI=1S/C57H74N8O11S6/c1-57(2,3)76-53(72)62-25-8-7-16-37(58-28-29-61-49(68)40-20-12-23-43(46(40)75-6)52(71)65-32-35-82-56(65)79)17-9-14-36(24-27-60-48(67)39-19-11-22-42(45(39)74-5)51(70)64-31-34-81-55(64)78)15-13-26-59-47(66)38-18-10-21-41(44(38)73-4)50(69)63-30-33-80-54(63)77/h10-12,18-23,36-37,58H,7-9,13-17,24-35H2,1-6H3,(H,59,66)(H,60,67)(H,61,68)(H,62,72). The van der Waals surface area contributed by atoms with E-state index in [1.807, 2.05) is 20.8 Å². The number of methoxy groups -OCH3 is 3. The number of nitrogens with zero attached hydrogens (tertiary/aromatic N) is 3. The van der Waals surface area contributed by atoms with Gasteiger partial charge < -0.3 is 45.5 Å². The van der Waals surface area contributed by atoms with E-state index in [1.165, 1.54) is 71.3 Å². The molecule has 2 atom stereocenters. The zero-order valence-electron chi connectivity index (χ0n) is 47.3. The summed E-state index contributed by atoms with van der Waals surface area (Å²) in [4.78, 5) is 98.6. The summed E-state index contributed by atoms with van der Waals surface area (Å²) in [5, 5.41) is 15.5. The molecular weight excluding hydrogens is 1170 g/mol. The number of rotatable bonds is 29. The second kappa shape index (κ2) is 32.5. The van der Waals surface area contributed by atoms with Gasteiger partial charge >= 0.3 is 6.09 Å². The lowest BCUT2D eigenvalue weighted by Crippen LogP contribution is -2.37. The van der Waals surface area contributed by atoms with Crippen molar-refractivity contribution in [3.05, 3.63) is 88.0 Å². The number of alkyl carbamates (subject to hydrolysis) is 1. The Kier molecular flexibility index (Phi) is 26.0. The number of carbonyl (C=O) groups is 7. The van der Waals surface area contributed by atoms with Gasteiger partial charge in [-0.2, -0.15) is 0 Å². The lowest BCUT2D eigenvalue weighted by Gasteiger charge is -2.22. The molecule has 0 spiro atoms. The zero-order valence-corrected chi connectivity index (χ0v) is 52.2. The van der Waals surface area contributed by atoms with Crippen LogP contribution in [0.2, 0.25) is 0 Å². The maximum absolute atomic E-state index is 13.9. The van der Waals surface area contributed by atoms with Crippen LogP contribution in [0, 0.1) is 5.92 Å². The third kappa shape index (κ3) is 18.5. The van der Waals surface area contributed by atoms with Gasteiger partial charge in [0.25, 0.3) is 35.4 Å². The lowest BCUT2D eigenvalue weighted by molar-refractivity contribution is 0.0525. The number of nitrogens with one attached hydrogen (secondary N) is 5. The van der Waals surface area contributed by atoms with Gasteiger partial charge in [0.1, 0.15) is 35.8 Å². The van der Waals surface area contributed by atoms with Crippen LogP contribution in [0.1, 0.15) is 141 Å². The highest BCUT2D eigenvalue weighted by atomic mass is 32.2. The molecule has 3 heterocycles. The lowest BCUT2D eigenvalue weighted by atomic mass is 9.91. The van der Waals surface area contributed by atoms with Gasteiger partial charge in [0.15, 0.2) is 0 Å². The number of ether oxygens (including phenoxy) is 4. The van der Waals surface area contributed by atoms with Crippen LogP contribution in [0.25, 0.3) is 0 Å². The minimum absolute atomic E-state index is 0.0316. The summed E-state index contributed by atoms with van der Waals surface area (Å²) < 4.78 is 23.8. The topological polar surface area (TPSA) is 226 Å². The van der Waals surface area contributed by atoms with Crippen molar-refractivity contribution in [3.8, 4) is 17.2 Å². The molecule has 6 rings (SSSR count). The number of benzene rings is 3. The second-order valence-electron chi connectivity index (χ2n) is 20.4. The summed E-state index contributed by atoms with van der Waals surface area (Å²) in [6.07, 6.45) is 6.08. The number of hydrogen-bond donors (Lipinski definition) is 5. The zero-order chi connectivity index (χ0) is 59.3. The largest absolute Gasteiger partial charge is 0.495 e. The van der Waals surface area contributed by atoms with E-state index >= 15 is 0 Å². The van der Waals surface area contributed by atoms with Crippen molar-refractivity contribution in [3.63, 3.8) is 0 Å². The molecule has 3 aliphatic rings. The van der Waals surface area contributed by atoms with Crippen molar-refractivity contribution in [2.24, 2.45) is 5.92 Å². The van der Waals surface area contributed by atoms with Gasteiger partial charge in [-0.25, -0.2) is 4.79 Å². The fourth-order valence-corrected chi connectivity index (χ4v) is 13.3. The number of thiocarbonyl (C=S) groups is 3. The molecule has 19 nitrogen and oxygen atoms in total. The van der Waals surface area contributed by atoms with Crippen LogP contribution in [0.15, 0.2) is 54.6 Å². The summed E-state index contributed by atoms with van der Waals surface area (Å²) in [6, 6.07) is 14.7. The minimum atomic E-state index is -0.619. The molecular formula is C57H74N8O11S6. The first-order valence-corrected chi connectivity index (χ1v) is 31.6. The fraction of sp³-hybridized carbons (Fsp3) is 0.509. The van der Waals surface area contributed by atoms with Crippen LogP contribution in [-0.2, 0) is 4.74 Å². The highest BCUT2D eigenvalue weighted by Crippen LogP contribution is 2.32. The molecule has 0 radical (unpaired) electrons. The quantitative estimate of drug-likeness (QED) is 0.0325. The molecule has 444 valence electrons. The summed E-state index contributed by atoms with van der Waals surface area (Å²) in [5.41, 5.74) is 0.825. The van der Waals surface area contributed by atoms with Gasteiger partial charge in [-0.3, -0.25) is 43.5 Å². The van der Waals surface area contributed by atoms with Gasteiger partial charge in [0, 0.05) is 75.7 Å². The predicted octanol–water partition coefficient (Wildman–Crippen LogP) is 8.33.